The van der Waals surface area contributed by atoms with E-state index in [0.29, 0.717) is 12.8 Å². The van der Waals surface area contributed by atoms with Crippen LogP contribution >= 0.6 is 0 Å². The van der Waals surface area contributed by atoms with Crippen LogP contribution in [-0.4, -0.2) is 38.7 Å². The first-order valence-corrected chi connectivity index (χ1v) is 15.2. The van der Waals surface area contributed by atoms with Gasteiger partial charge in [-0.25, -0.2) is 0 Å². The van der Waals surface area contributed by atoms with Gasteiger partial charge >= 0.3 is 5.97 Å². The van der Waals surface area contributed by atoms with E-state index in [-0.39, 0.29) is 33.9 Å². The number of rotatable bonds is 4. The predicted molar refractivity (Wildman–Crippen MR) is 133 cm³/mol. The lowest BCUT2D eigenvalue weighted by Gasteiger charge is -2.70. The van der Waals surface area contributed by atoms with Gasteiger partial charge in [-0.15, -0.1) is 6.58 Å². The molecule has 0 saturated heterocycles. The lowest BCUT2D eigenvalue weighted by molar-refractivity contribution is -0.211. The maximum Gasteiger partial charge on any atom is 0.316 e. The molecule has 7 atom stereocenters. The molecule has 32 heavy (non-hydrogen) atoms. The van der Waals surface area contributed by atoms with Gasteiger partial charge in [-0.3, -0.25) is 4.79 Å². The second-order valence-corrected chi connectivity index (χ2v) is 17.8. The summed E-state index contributed by atoms with van der Waals surface area (Å²) in [5.74, 6) is -0.0915. The van der Waals surface area contributed by atoms with Crippen LogP contribution in [0.1, 0.15) is 73.6 Å². The van der Waals surface area contributed by atoms with E-state index in [1.165, 1.54) is 7.11 Å². The van der Waals surface area contributed by atoms with Crippen molar-refractivity contribution in [3.05, 3.63) is 24.8 Å². The lowest BCUT2D eigenvalue weighted by atomic mass is 9.34. The third-order valence-corrected chi connectivity index (χ3v) is 15.2. The minimum atomic E-state index is -2.03. The Labute approximate surface area is 197 Å². The highest BCUT2D eigenvalue weighted by atomic mass is 28.4. The molecule has 4 nitrogen and oxygen atoms in total. The van der Waals surface area contributed by atoms with Gasteiger partial charge in [0.2, 0.25) is 0 Å². The average molecular weight is 463 g/mol. The van der Waals surface area contributed by atoms with Crippen LogP contribution in [0.3, 0.4) is 0 Å². The zero-order valence-corrected chi connectivity index (χ0v) is 22.9. The number of aliphatic hydroxyl groups excluding tert-OH is 1. The molecule has 0 radical (unpaired) electrons. The Kier molecular flexibility index (Phi) is 6.06. The zero-order chi connectivity index (χ0) is 24.5. The van der Waals surface area contributed by atoms with Crippen LogP contribution in [0.4, 0.5) is 0 Å². The first-order valence-electron chi connectivity index (χ1n) is 12.3. The molecule has 3 fully saturated rings. The van der Waals surface area contributed by atoms with Crippen molar-refractivity contribution in [3.8, 4) is 0 Å². The largest absolute Gasteiger partial charge is 0.468 e. The summed E-state index contributed by atoms with van der Waals surface area (Å²) in [6, 6.07) is 0. The van der Waals surface area contributed by atoms with Gasteiger partial charge in [0.1, 0.15) is 0 Å². The van der Waals surface area contributed by atoms with E-state index >= 15 is 0 Å². The van der Waals surface area contributed by atoms with Gasteiger partial charge in [0, 0.05) is 10.8 Å². The molecule has 5 heteroatoms. The number of carbonyl (C=O) groups excluding carboxylic acids is 1. The van der Waals surface area contributed by atoms with Crippen molar-refractivity contribution in [1.82, 2.24) is 0 Å². The zero-order valence-electron chi connectivity index (χ0n) is 21.9. The number of fused-ring (bicyclic) bond motifs is 4. The lowest BCUT2D eigenvalue weighted by Crippen LogP contribution is -2.69. The molecular formula is C27H46O4Si. The topological polar surface area (TPSA) is 55.8 Å². The second-order valence-electron chi connectivity index (χ2n) is 13.0. The molecule has 2 bridgehead atoms. The Balaban J connectivity index is 2.19. The number of carbonyl (C=O) groups is 1. The standard InChI is InChI=1S/C27H46O4Si/c1-12-24(6)19-17-25(7)18(2)27(22(29)30-9,26(19,8)15-13-20(24)28)16-14-21(25)31-32(10,11)23(3,4)5/h12,19-21,28H,1-2,13-17H2,3-11H3/t19-,20-,21-,24-,25+,26-,27+/m0/s1. The van der Waals surface area contributed by atoms with Crippen LogP contribution in [-0.2, 0) is 14.0 Å². The molecule has 0 aromatic heterocycles. The Morgan fingerprint density at radius 1 is 1.19 bits per heavy atom. The quantitative estimate of drug-likeness (QED) is 0.304. The molecular weight excluding hydrogens is 416 g/mol. The summed E-state index contributed by atoms with van der Waals surface area (Å²) in [6.45, 7) is 26.8. The van der Waals surface area contributed by atoms with Gasteiger partial charge in [0.15, 0.2) is 8.32 Å². The first kappa shape index (κ1) is 25.7. The fraction of sp³-hybridized carbons (Fsp3) is 0.815. The molecule has 0 heterocycles. The molecule has 0 spiro atoms. The monoisotopic (exact) mass is 462 g/mol. The van der Waals surface area contributed by atoms with Crippen LogP contribution in [0.25, 0.3) is 0 Å². The number of aliphatic hydroxyl groups is 1. The second kappa shape index (κ2) is 7.54. The van der Waals surface area contributed by atoms with Crippen LogP contribution in [0, 0.1) is 27.6 Å². The van der Waals surface area contributed by atoms with Crippen molar-refractivity contribution in [2.75, 3.05) is 7.11 Å². The van der Waals surface area contributed by atoms with Gasteiger partial charge in [-0.1, -0.05) is 59.8 Å². The summed E-state index contributed by atoms with van der Waals surface area (Å²) in [5, 5.41) is 11.2. The van der Waals surface area contributed by atoms with Crippen molar-refractivity contribution in [3.63, 3.8) is 0 Å². The first-order chi connectivity index (χ1) is 14.5. The van der Waals surface area contributed by atoms with Crippen molar-refractivity contribution in [2.45, 2.75) is 104 Å². The van der Waals surface area contributed by atoms with Crippen LogP contribution in [0.2, 0.25) is 18.1 Å². The van der Waals surface area contributed by atoms with Crippen molar-refractivity contribution >= 4 is 14.3 Å². The van der Waals surface area contributed by atoms with E-state index in [4.69, 9.17) is 9.16 Å². The van der Waals surface area contributed by atoms with E-state index in [1.54, 1.807) is 0 Å². The number of methoxy groups -OCH3 is 1. The molecule has 3 aliphatic carbocycles. The number of ether oxygens (including phenoxy) is 1. The van der Waals surface area contributed by atoms with Crippen molar-refractivity contribution in [2.24, 2.45) is 27.6 Å². The molecule has 1 N–H and O–H groups in total. The molecule has 3 aliphatic rings. The van der Waals surface area contributed by atoms with E-state index in [2.05, 4.69) is 67.8 Å². The molecule has 0 unspecified atom stereocenters. The minimum Gasteiger partial charge on any atom is -0.468 e. The summed E-state index contributed by atoms with van der Waals surface area (Å²) in [4.78, 5) is 13.6. The Morgan fingerprint density at radius 2 is 1.78 bits per heavy atom. The highest BCUT2D eigenvalue weighted by Crippen LogP contribution is 2.74. The van der Waals surface area contributed by atoms with Crippen molar-refractivity contribution in [1.29, 1.82) is 0 Å². The molecule has 3 rings (SSSR count). The molecule has 182 valence electrons. The smallest absolute Gasteiger partial charge is 0.316 e. The summed E-state index contributed by atoms with van der Waals surface area (Å²) < 4.78 is 12.5. The minimum absolute atomic E-state index is 0.00589. The molecule has 0 aliphatic heterocycles. The fourth-order valence-electron chi connectivity index (χ4n) is 7.24. The van der Waals surface area contributed by atoms with E-state index in [9.17, 15) is 9.90 Å². The summed E-state index contributed by atoms with van der Waals surface area (Å²) >= 11 is 0. The van der Waals surface area contributed by atoms with E-state index in [1.807, 2.05) is 6.08 Å². The van der Waals surface area contributed by atoms with E-state index < -0.39 is 25.3 Å². The number of hydrogen-bond acceptors (Lipinski definition) is 4. The molecule has 3 saturated carbocycles. The molecule has 0 aromatic rings. The Morgan fingerprint density at radius 3 is 2.28 bits per heavy atom. The van der Waals surface area contributed by atoms with E-state index in [0.717, 1.165) is 24.8 Å². The Hall–Kier alpha value is -0.913. The van der Waals surface area contributed by atoms with Gasteiger partial charge < -0.3 is 14.3 Å². The average Bonchev–Trinajstić information content (AvgIpc) is 2.70. The van der Waals surface area contributed by atoms with Gasteiger partial charge in [0.05, 0.1) is 24.7 Å². The number of hydrogen-bond donors (Lipinski definition) is 1. The molecule has 0 amide bonds. The molecule has 0 aromatic carbocycles. The van der Waals surface area contributed by atoms with Crippen LogP contribution < -0.4 is 0 Å². The highest BCUT2D eigenvalue weighted by Gasteiger charge is 2.73. The summed E-state index contributed by atoms with van der Waals surface area (Å²) in [6.07, 6.45) is 5.25. The highest BCUT2D eigenvalue weighted by molar-refractivity contribution is 6.74. The third-order valence-electron chi connectivity index (χ3n) is 10.7. The van der Waals surface area contributed by atoms with Gasteiger partial charge in [0.25, 0.3) is 0 Å². The third kappa shape index (κ3) is 3.10. The predicted octanol–water partition coefficient (Wildman–Crippen LogP) is 6.27. The maximum atomic E-state index is 13.6. The Bertz CT molecular complexity index is 813. The SMILES string of the molecule is C=C[C@]1(C)[C@@H](O)CC[C@@]2(C)[C@H]1C[C@]1(C)C(=C)[C@@]2(C(=O)OC)CC[C@@H]1O[Si](C)(C)C(C)(C)C. The van der Waals surface area contributed by atoms with Crippen LogP contribution in [0.15, 0.2) is 24.8 Å². The fourth-order valence-corrected chi connectivity index (χ4v) is 8.68. The maximum absolute atomic E-state index is 13.6. The van der Waals surface area contributed by atoms with Crippen molar-refractivity contribution < 1.29 is 19.1 Å². The normalized spacial score (nSPS) is 44.6. The van der Waals surface area contributed by atoms with Gasteiger partial charge in [-0.2, -0.15) is 0 Å². The summed E-state index contributed by atoms with van der Waals surface area (Å²) in [5.41, 5.74) is -0.980. The van der Waals surface area contributed by atoms with Gasteiger partial charge in [-0.05, 0) is 61.6 Å². The number of esters is 1. The summed E-state index contributed by atoms with van der Waals surface area (Å²) in [7, 11) is -0.534. The van der Waals surface area contributed by atoms with Crippen LogP contribution in [0.5, 0.6) is 0 Å².